The van der Waals surface area contributed by atoms with Gasteiger partial charge < -0.3 is 13.8 Å². The molecular formula is C60H51BN2O. The zero-order valence-electron chi connectivity index (χ0n) is 38.0. The maximum atomic E-state index is 6.66. The van der Waals surface area contributed by atoms with E-state index in [-0.39, 0.29) is 17.7 Å². The molecule has 8 aromatic carbocycles. The number of nitrogens with zero attached hydrogens (tertiary/aromatic N) is 2. The van der Waals surface area contributed by atoms with Crippen molar-refractivity contribution in [2.45, 2.75) is 66.2 Å². The van der Waals surface area contributed by atoms with Crippen molar-refractivity contribution in [3.05, 3.63) is 186 Å². The van der Waals surface area contributed by atoms with Crippen LogP contribution in [0.5, 0.6) is 0 Å². The molecule has 0 saturated carbocycles. The predicted octanol–water partition coefficient (Wildman–Crippen LogP) is 15.2. The number of aromatic nitrogens is 1. The molecule has 64 heavy (non-hydrogen) atoms. The van der Waals surface area contributed by atoms with Gasteiger partial charge in [-0.3, -0.25) is 0 Å². The van der Waals surface area contributed by atoms with Gasteiger partial charge in [-0.1, -0.05) is 139 Å². The van der Waals surface area contributed by atoms with Crippen LogP contribution in [-0.4, -0.2) is 11.3 Å². The second-order valence-electron chi connectivity index (χ2n) is 20.3. The first-order valence-electron chi connectivity index (χ1n) is 22.8. The number of furan rings is 1. The number of aryl methyl sites for hydroxylation is 2. The third-order valence-electron chi connectivity index (χ3n) is 14.2. The van der Waals surface area contributed by atoms with E-state index >= 15 is 0 Å². The van der Waals surface area contributed by atoms with Crippen LogP contribution >= 0.6 is 0 Å². The van der Waals surface area contributed by atoms with Gasteiger partial charge in [-0.2, -0.15) is 0 Å². The Morgan fingerprint density at radius 3 is 1.81 bits per heavy atom. The fourth-order valence-corrected chi connectivity index (χ4v) is 10.9. The molecule has 0 aliphatic carbocycles. The predicted molar refractivity (Wildman–Crippen MR) is 273 cm³/mol. The highest BCUT2D eigenvalue weighted by Gasteiger charge is 2.45. The monoisotopic (exact) mass is 826 g/mol. The van der Waals surface area contributed by atoms with Crippen molar-refractivity contribution < 1.29 is 4.42 Å². The van der Waals surface area contributed by atoms with Gasteiger partial charge in [0.1, 0.15) is 5.58 Å². The minimum Gasteiger partial charge on any atom is -0.464 e. The lowest BCUT2D eigenvalue weighted by Crippen LogP contribution is -2.56. The topological polar surface area (TPSA) is 21.3 Å². The van der Waals surface area contributed by atoms with Crippen molar-refractivity contribution in [1.29, 1.82) is 0 Å². The third kappa shape index (κ3) is 5.74. The van der Waals surface area contributed by atoms with Gasteiger partial charge in [0.15, 0.2) is 0 Å². The fourth-order valence-electron chi connectivity index (χ4n) is 10.9. The molecule has 2 aromatic heterocycles. The highest BCUT2D eigenvalue weighted by atomic mass is 16.3. The van der Waals surface area contributed by atoms with Gasteiger partial charge >= 0.3 is 6.85 Å². The zero-order valence-corrected chi connectivity index (χ0v) is 38.0. The fraction of sp³-hybridized carbons (Fsp3) is 0.167. The van der Waals surface area contributed by atoms with Crippen LogP contribution in [0, 0.1) is 13.8 Å². The summed E-state index contributed by atoms with van der Waals surface area (Å²) < 4.78 is 9.34. The van der Waals surface area contributed by atoms with Gasteiger partial charge in [-0.25, -0.2) is 0 Å². The number of fused-ring (bicyclic) bond motifs is 9. The Morgan fingerprint density at radius 1 is 0.500 bits per heavy atom. The van der Waals surface area contributed by atoms with E-state index in [1.165, 1.54) is 111 Å². The average Bonchev–Trinajstić information content (AvgIpc) is 3.90. The molecule has 12 rings (SSSR count). The largest absolute Gasteiger partial charge is 0.464 e. The molecular weight excluding hydrogens is 775 g/mol. The minimum atomic E-state index is -0.114. The van der Waals surface area contributed by atoms with Crippen LogP contribution in [0.2, 0.25) is 0 Å². The molecule has 10 aromatic rings. The molecule has 310 valence electrons. The molecule has 0 spiro atoms. The second-order valence-corrected chi connectivity index (χ2v) is 20.3. The summed E-state index contributed by atoms with van der Waals surface area (Å²) >= 11 is 0. The van der Waals surface area contributed by atoms with Crippen LogP contribution in [0.15, 0.2) is 168 Å². The molecule has 0 bridgehead atoms. The summed E-state index contributed by atoms with van der Waals surface area (Å²) in [5, 5.41) is 3.71. The first-order chi connectivity index (χ1) is 30.8. The summed E-state index contributed by atoms with van der Waals surface area (Å²) in [6.07, 6.45) is 1.88. The average molecular weight is 827 g/mol. The van der Waals surface area contributed by atoms with Crippen molar-refractivity contribution >= 4 is 67.6 Å². The Bertz CT molecular complexity index is 3460. The molecule has 2 aliphatic rings. The summed E-state index contributed by atoms with van der Waals surface area (Å²) in [4.78, 5) is 2.58. The normalized spacial score (nSPS) is 13.2. The highest BCUT2D eigenvalue weighted by molar-refractivity contribution is 6.90. The molecule has 4 heterocycles. The Kier molecular flexibility index (Phi) is 8.29. The smallest absolute Gasteiger partial charge is 0.333 e. The van der Waals surface area contributed by atoms with E-state index < -0.39 is 0 Å². The Morgan fingerprint density at radius 2 is 1.16 bits per heavy atom. The van der Waals surface area contributed by atoms with Crippen molar-refractivity contribution in [2.24, 2.45) is 0 Å². The van der Waals surface area contributed by atoms with E-state index in [1.807, 2.05) is 6.26 Å². The molecule has 4 heteroatoms. The van der Waals surface area contributed by atoms with E-state index in [2.05, 4.69) is 222 Å². The Balaban J connectivity index is 1.25. The van der Waals surface area contributed by atoms with Crippen LogP contribution in [0.25, 0.3) is 77.3 Å². The molecule has 0 amide bonds. The number of hydrogen-bond donors (Lipinski definition) is 0. The SMILES string of the molecule is Cc1cccc(C)c1-c1ccc2c(c1)N(c1cc(-c3ccccc3)cc(-c3ccccc3)c1)c1cc3ccoc3c3c1B2n1c2ccc(C(C)(C)C)cc2c2cc(C(C)(C)C)cc-3c21. The van der Waals surface area contributed by atoms with Gasteiger partial charge in [0, 0.05) is 55.4 Å². The summed E-state index contributed by atoms with van der Waals surface area (Å²) in [5.74, 6) is 0. The molecule has 0 fully saturated rings. The highest BCUT2D eigenvalue weighted by Crippen LogP contribution is 2.51. The van der Waals surface area contributed by atoms with Crippen LogP contribution in [-0.2, 0) is 10.8 Å². The van der Waals surface area contributed by atoms with Crippen LogP contribution in [0.1, 0.15) is 63.8 Å². The van der Waals surface area contributed by atoms with Crippen molar-refractivity contribution in [2.75, 3.05) is 4.90 Å². The molecule has 0 atom stereocenters. The first-order valence-corrected chi connectivity index (χ1v) is 22.8. The van der Waals surface area contributed by atoms with Gasteiger partial charge in [0.2, 0.25) is 0 Å². The maximum Gasteiger partial charge on any atom is 0.333 e. The quantitative estimate of drug-likeness (QED) is 0.165. The molecule has 0 unspecified atom stereocenters. The van der Waals surface area contributed by atoms with E-state index in [9.17, 15) is 0 Å². The third-order valence-corrected chi connectivity index (χ3v) is 14.2. The lowest BCUT2D eigenvalue weighted by Gasteiger charge is -2.41. The molecule has 2 aliphatic heterocycles. The van der Waals surface area contributed by atoms with Crippen molar-refractivity contribution in [1.82, 2.24) is 4.48 Å². The number of hydrogen-bond acceptors (Lipinski definition) is 2. The van der Waals surface area contributed by atoms with Gasteiger partial charge in [-0.15, -0.1) is 0 Å². The van der Waals surface area contributed by atoms with Crippen molar-refractivity contribution in [3.63, 3.8) is 0 Å². The van der Waals surface area contributed by atoms with E-state index in [1.54, 1.807) is 0 Å². The summed E-state index contributed by atoms with van der Waals surface area (Å²) in [6.45, 7) is 18.3. The van der Waals surface area contributed by atoms with E-state index in [4.69, 9.17) is 4.42 Å². The summed E-state index contributed by atoms with van der Waals surface area (Å²) in [6, 6.07) is 59.5. The first kappa shape index (κ1) is 38.6. The molecule has 0 saturated heterocycles. The zero-order chi connectivity index (χ0) is 43.8. The summed E-state index contributed by atoms with van der Waals surface area (Å²) in [5.41, 5.74) is 24.3. The van der Waals surface area contributed by atoms with Gasteiger partial charge in [-0.05, 0) is 152 Å². The Hall–Kier alpha value is -7.04. The lowest BCUT2D eigenvalue weighted by atomic mass is 9.45. The lowest BCUT2D eigenvalue weighted by molar-refractivity contribution is 0.590. The number of benzene rings is 8. The van der Waals surface area contributed by atoms with Gasteiger partial charge in [0.05, 0.1) is 6.26 Å². The number of anilines is 3. The molecule has 0 N–H and O–H groups in total. The van der Waals surface area contributed by atoms with E-state index in [0.29, 0.717) is 0 Å². The van der Waals surface area contributed by atoms with Gasteiger partial charge in [0.25, 0.3) is 0 Å². The van der Waals surface area contributed by atoms with Crippen LogP contribution in [0.4, 0.5) is 17.1 Å². The molecule has 3 nitrogen and oxygen atoms in total. The summed E-state index contributed by atoms with van der Waals surface area (Å²) in [7, 11) is 0. The number of rotatable bonds is 4. The van der Waals surface area contributed by atoms with Crippen LogP contribution < -0.4 is 15.8 Å². The Labute approximate surface area is 376 Å². The molecule has 0 radical (unpaired) electrons. The maximum absolute atomic E-state index is 6.66. The van der Waals surface area contributed by atoms with Crippen molar-refractivity contribution in [3.8, 4) is 44.5 Å². The van der Waals surface area contributed by atoms with E-state index in [0.717, 1.165) is 16.7 Å². The minimum absolute atomic E-state index is 0.00133. The standard InChI is InChI=1S/C60H51BN2O/c1-36-16-15-17-37(2)54(36)40-22-24-50-52(31-40)62(46-29-42(38-18-11-9-12-19-38)28-43(30-46)39-20-13-10-14-21-39)53-32-41-26-27-64-58(41)55-49-35-45(60(6,7)8)34-48-47-33-44(59(3,4)5)23-25-51(47)63(57(48)49)61(50)56(53)55/h9-35H,1-8H3. The van der Waals surface area contributed by atoms with Crippen LogP contribution in [0.3, 0.4) is 0 Å². The second kappa shape index (κ2) is 13.7.